The minimum atomic E-state index is -4.55. The van der Waals surface area contributed by atoms with Crippen molar-refractivity contribution in [1.29, 1.82) is 0 Å². The second-order valence-electron chi connectivity index (χ2n) is 6.21. The first-order valence-electron chi connectivity index (χ1n) is 8.02. The standard InChI is InChI=1S/C18H16F3N3O2S2/c1-11-4-6-12(7-5-11)28(3,26)23-17(25)15-9-8-14(27-15)13-10-16(18(19,20)21)22-24(13)2/h4-10H,1-3H3/t28-/m1/s1. The molecule has 0 radical (unpaired) electrons. The monoisotopic (exact) mass is 427 g/mol. The van der Waals surface area contributed by atoms with Gasteiger partial charge in [0.15, 0.2) is 5.69 Å². The average Bonchev–Trinajstić information content (AvgIpc) is 3.21. The van der Waals surface area contributed by atoms with E-state index in [2.05, 4.69) is 9.46 Å². The number of carbonyl (C=O) groups is 1. The predicted octanol–water partition coefficient (Wildman–Crippen LogP) is 4.77. The zero-order valence-electron chi connectivity index (χ0n) is 15.1. The summed E-state index contributed by atoms with van der Waals surface area (Å²) in [7, 11) is -1.54. The molecule has 0 spiro atoms. The van der Waals surface area contributed by atoms with Crippen LogP contribution in [0.25, 0.3) is 10.6 Å². The molecular weight excluding hydrogens is 411 g/mol. The third-order valence-electron chi connectivity index (χ3n) is 3.95. The van der Waals surface area contributed by atoms with Crippen molar-refractivity contribution in [2.75, 3.05) is 6.26 Å². The highest BCUT2D eigenvalue weighted by Gasteiger charge is 2.34. The molecule has 148 valence electrons. The van der Waals surface area contributed by atoms with Crippen LogP contribution in [0, 0.1) is 6.92 Å². The Kier molecular flexibility index (Phi) is 5.20. The molecule has 0 aliphatic rings. The van der Waals surface area contributed by atoms with Crippen LogP contribution in [0.2, 0.25) is 0 Å². The first kappa shape index (κ1) is 20.3. The van der Waals surface area contributed by atoms with Crippen LogP contribution in [0.1, 0.15) is 20.9 Å². The van der Waals surface area contributed by atoms with Crippen LogP contribution < -0.4 is 0 Å². The van der Waals surface area contributed by atoms with E-state index in [0.29, 0.717) is 9.77 Å². The van der Waals surface area contributed by atoms with E-state index in [1.54, 1.807) is 24.3 Å². The number of hydrogen-bond donors (Lipinski definition) is 0. The topological polar surface area (TPSA) is 64.3 Å². The highest BCUT2D eigenvalue weighted by molar-refractivity contribution is 7.93. The molecule has 0 bridgehead atoms. The van der Waals surface area contributed by atoms with Crippen LogP contribution >= 0.6 is 11.3 Å². The van der Waals surface area contributed by atoms with Gasteiger partial charge in [-0.3, -0.25) is 9.48 Å². The fourth-order valence-electron chi connectivity index (χ4n) is 2.47. The number of carbonyl (C=O) groups excluding carboxylic acids is 1. The lowest BCUT2D eigenvalue weighted by molar-refractivity contribution is -0.141. The van der Waals surface area contributed by atoms with E-state index in [1.807, 2.05) is 6.92 Å². The first-order valence-corrected chi connectivity index (χ1v) is 10.8. The molecule has 0 saturated carbocycles. The number of aromatic nitrogens is 2. The van der Waals surface area contributed by atoms with E-state index in [0.717, 1.165) is 27.6 Å². The quantitative estimate of drug-likeness (QED) is 0.605. The maximum atomic E-state index is 12.8. The molecule has 0 unspecified atom stereocenters. The number of nitrogens with zero attached hydrogens (tertiary/aromatic N) is 3. The van der Waals surface area contributed by atoms with Gasteiger partial charge in [-0.05, 0) is 37.3 Å². The number of alkyl halides is 3. The van der Waals surface area contributed by atoms with Crippen molar-refractivity contribution in [1.82, 2.24) is 9.78 Å². The molecule has 0 N–H and O–H groups in total. The zero-order valence-corrected chi connectivity index (χ0v) is 16.8. The molecule has 0 aliphatic carbocycles. The fourth-order valence-corrected chi connectivity index (χ4v) is 4.63. The van der Waals surface area contributed by atoms with E-state index < -0.39 is 27.5 Å². The summed E-state index contributed by atoms with van der Waals surface area (Å²) in [5.41, 5.74) is 0.210. The van der Waals surface area contributed by atoms with Crippen molar-refractivity contribution in [3.63, 3.8) is 0 Å². The maximum absolute atomic E-state index is 12.8. The van der Waals surface area contributed by atoms with Gasteiger partial charge in [0.1, 0.15) is 0 Å². The van der Waals surface area contributed by atoms with Gasteiger partial charge in [0.25, 0.3) is 5.91 Å². The van der Waals surface area contributed by atoms with Crippen molar-refractivity contribution in [3.05, 3.63) is 58.6 Å². The van der Waals surface area contributed by atoms with Crippen LogP contribution in [0.5, 0.6) is 0 Å². The number of thiophene rings is 1. The number of benzene rings is 1. The number of hydrogen-bond acceptors (Lipinski definition) is 4. The van der Waals surface area contributed by atoms with Gasteiger partial charge in [0.05, 0.1) is 25.2 Å². The Labute approximate surface area is 164 Å². The van der Waals surface area contributed by atoms with Crippen LogP contribution in [0.3, 0.4) is 0 Å². The average molecular weight is 427 g/mol. The predicted molar refractivity (Wildman–Crippen MR) is 102 cm³/mol. The molecular formula is C18H16F3N3O2S2. The minimum Gasteiger partial charge on any atom is -0.267 e. The van der Waals surface area contributed by atoms with Crippen LogP contribution in [-0.2, 0) is 23.0 Å². The van der Waals surface area contributed by atoms with Crippen LogP contribution in [0.4, 0.5) is 13.2 Å². The van der Waals surface area contributed by atoms with Gasteiger partial charge in [0.2, 0.25) is 0 Å². The van der Waals surface area contributed by atoms with Gasteiger partial charge in [-0.15, -0.1) is 11.3 Å². The normalized spacial score (nSPS) is 13.9. The summed E-state index contributed by atoms with van der Waals surface area (Å²) in [6, 6.07) is 10.8. The van der Waals surface area contributed by atoms with Crippen molar-refractivity contribution in [2.45, 2.75) is 18.0 Å². The number of amides is 1. The number of rotatable bonds is 3. The van der Waals surface area contributed by atoms with Gasteiger partial charge >= 0.3 is 6.18 Å². The molecule has 3 rings (SSSR count). The summed E-state index contributed by atoms with van der Waals surface area (Å²) in [5, 5.41) is 3.46. The third kappa shape index (κ3) is 4.17. The Bertz CT molecular complexity index is 1150. The molecule has 0 saturated heterocycles. The van der Waals surface area contributed by atoms with E-state index in [4.69, 9.17) is 0 Å². The number of aryl methyl sites for hydroxylation is 2. The van der Waals surface area contributed by atoms with Gasteiger partial charge in [0, 0.05) is 18.2 Å². The SMILES string of the molecule is Cc1ccc([S@@](C)(=O)=NC(=O)c2ccc(-c3cc(C(F)(F)F)nn3C)s2)cc1. The van der Waals surface area contributed by atoms with E-state index in [9.17, 15) is 22.2 Å². The molecule has 1 amide bonds. The molecule has 1 atom stereocenters. The summed E-state index contributed by atoms with van der Waals surface area (Å²) in [5.74, 6) is -0.678. The van der Waals surface area contributed by atoms with Gasteiger partial charge in [-0.25, -0.2) is 4.21 Å². The lowest BCUT2D eigenvalue weighted by atomic mass is 10.2. The number of halogens is 3. The molecule has 2 aromatic heterocycles. The largest absolute Gasteiger partial charge is 0.435 e. The van der Waals surface area contributed by atoms with Gasteiger partial charge in [-0.1, -0.05) is 17.7 Å². The van der Waals surface area contributed by atoms with Crippen LogP contribution in [0.15, 0.2) is 51.7 Å². The summed E-state index contributed by atoms with van der Waals surface area (Å²) in [6.45, 7) is 1.89. The Morgan fingerprint density at radius 2 is 1.82 bits per heavy atom. The zero-order chi connectivity index (χ0) is 20.7. The molecule has 3 aromatic rings. The second-order valence-corrected chi connectivity index (χ2v) is 9.55. The van der Waals surface area contributed by atoms with Crippen LogP contribution in [-0.4, -0.2) is 26.2 Å². The van der Waals surface area contributed by atoms with Gasteiger partial charge < -0.3 is 0 Å². The Morgan fingerprint density at radius 1 is 1.18 bits per heavy atom. The molecule has 2 heterocycles. The van der Waals surface area contributed by atoms with E-state index in [-0.39, 0.29) is 10.6 Å². The molecule has 5 nitrogen and oxygen atoms in total. The Hall–Kier alpha value is -2.46. The summed E-state index contributed by atoms with van der Waals surface area (Å²) >= 11 is 0.974. The third-order valence-corrected chi connectivity index (χ3v) is 6.71. The van der Waals surface area contributed by atoms with Crippen molar-refractivity contribution >= 4 is 27.0 Å². The fraction of sp³-hybridized carbons (Fsp3) is 0.222. The lowest BCUT2D eigenvalue weighted by Crippen LogP contribution is -2.06. The molecule has 0 fully saturated rings. The Balaban J connectivity index is 1.92. The van der Waals surface area contributed by atoms with Crippen molar-refractivity contribution < 1.29 is 22.2 Å². The van der Waals surface area contributed by atoms with E-state index in [1.165, 1.54) is 25.4 Å². The van der Waals surface area contributed by atoms with Crippen molar-refractivity contribution in [3.8, 4) is 10.6 Å². The summed E-state index contributed by atoms with van der Waals surface area (Å²) < 4.78 is 56.2. The van der Waals surface area contributed by atoms with E-state index >= 15 is 0 Å². The first-order chi connectivity index (χ1) is 13.0. The molecule has 10 heteroatoms. The molecule has 0 aliphatic heterocycles. The van der Waals surface area contributed by atoms with Crippen molar-refractivity contribution in [2.24, 2.45) is 11.4 Å². The smallest absolute Gasteiger partial charge is 0.267 e. The summed E-state index contributed by atoms with van der Waals surface area (Å²) in [6.07, 6.45) is -3.18. The minimum absolute atomic E-state index is 0.187. The second kappa shape index (κ2) is 7.17. The lowest BCUT2D eigenvalue weighted by Gasteiger charge is -2.03. The molecule has 1 aromatic carbocycles. The Morgan fingerprint density at radius 3 is 2.39 bits per heavy atom. The summed E-state index contributed by atoms with van der Waals surface area (Å²) in [4.78, 5) is 13.5. The molecule has 28 heavy (non-hydrogen) atoms. The highest BCUT2D eigenvalue weighted by Crippen LogP contribution is 2.34. The highest BCUT2D eigenvalue weighted by atomic mass is 32.2. The van der Waals surface area contributed by atoms with Gasteiger partial charge in [-0.2, -0.15) is 22.6 Å². The maximum Gasteiger partial charge on any atom is 0.435 e.